The summed E-state index contributed by atoms with van der Waals surface area (Å²) in [5, 5.41) is 22.9. The van der Waals surface area contributed by atoms with Crippen LogP contribution in [0.5, 0.6) is 0 Å². The van der Waals surface area contributed by atoms with Gasteiger partial charge < -0.3 is 0 Å². The summed E-state index contributed by atoms with van der Waals surface area (Å²) in [5.74, 6) is -0.125. The number of nitrogens with zero attached hydrogens (tertiary/aromatic N) is 3. The first-order valence-corrected chi connectivity index (χ1v) is 8.65. The smallest absolute Gasteiger partial charge is 0.284 e. The number of halogens is 1. The van der Waals surface area contributed by atoms with Crippen LogP contribution in [0, 0.1) is 10.1 Å². The molecule has 0 aliphatic carbocycles. The first-order valence-electron chi connectivity index (χ1n) is 7.04. The fraction of sp³-hybridized carbons (Fsp3) is 0.357. The van der Waals surface area contributed by atoms with Gasteiger partial charge in [-0.2, -0.15) is 0 Å². The molecule has 23 heavy (non-hydrogen) atoms. The number of rotatable bonds is 6. The number of carbonyl (C=O) groups is 1. The van der Waals surface area contributed by atoms with E-state index in [-0.39, 0.29) is 11.3 Å². The molecule has 9 heteroatoms. The van der Waals surface area contributed by atoms with Crippen LogP contribution in [-0.2, 0) is 0 Å². The van der Waals surface area contributed by atoms with Crippen molar-refractivity contribution in [3.63, 3.8) is 0 Å². The number of aromatic nitrogens is 2. The summed E-state index contributed by atoms with van der Waals surface area (Å²) in [5.41, 5.74) is 0.0341. The van der Waals surface area contributed by atoms with Crippen molar-refractivity contribution >= 4 is 44.0 Å². The molecule has 7 nitrogen and oxygen atoms in total. The molecule has 122 valence electrons. The molecule has 1 N–H and O–H groups in total. The fourth-order valence-electron chi connectivity index (χ4n) is 2.05. The minimum atomic E-state index is -0.545. The second-order valence-electron chi connectivity index (χ2n) is 4.84. The van der Waals surface area contributed by atoms with Crippen LogP contribution in [0.2, 0.25) is 0 Å². The molecule has 0 saturated carbocycles. The van der Waals surface area contributed by atoms with Gasteiger partial charge in [-0.15, -0.1) is 10.2 Å². The Kier molecular flexibility index (Phi) is 5.78. The number of anilines is 1. The maximum Gasteiger partial charge on any atom is 0.284 e. The van der Waals surface area contributed by atoms with Crippen molar-refractivity contribution in [2.75, 3.05) is 5.32 Å². The minimum Gasteiger partial charge on any atom is -0.296 e. The van der Waals surface area contributed by atoms with Crippen LogP contribution >= 0.6 is 27.3 Å². The van der Waals surface area contributed by atoms with E-state index >= 15 is 0 Å². The molecular formula is C14H15BrN4O3S. The average molecular weight is 399 g/mol. The van der Waals surface area contributed by atoms with E-state index in [4.69, 9.17) is 0 Å². The fourth-order valence-corrected chi connectivity index (χ4v) is 3.45. The number of nitro benzene ring substituents is 1. The van der Waals surface area contributed by atoms with Crippen LogP contribution < -0.4 is 5.32 Å². The van der Waals surface area contributed by atoms with Crippen molar-refractivity contribution in [1.82, 2.24) is 10.2 Å². The lowest BCUT2D eigenvalue weighted by atomic mass is 10.1. The van der Waals surface area contributed by atoms with Gasteiger partial charge in [-0.1, -0.05) is 25.2 Å². The first-order chi connectivity index (χ1) is 11.0. The highest BCUT2D eigenvalue weighted by Gasteiger charge is 2.18. The summed E-state index contributed by atoms with van der Waals surface area (Å²) in [4.78, 5) is 22.6. The molecular weight excluding hydrogens is 384 g/mol. The number of carbonyl (C=O) groups excluding carboxylic acids is 1. The van der Waals surface area contributed by atoms with E-state index in [0.717, 1.165) is 17.8 Å². The number of hydrogen-bond donors (Lipinski definition) is 1. The van der Waals surface area contributed by atoms with Crippen LogP contribution in [0.1, 0.15) is 48.0 Å². The highest BCUT2D eigenvalue weighted by atomic mass is 79.9. The zero-order valence-corrected chi connectivity index (χ0v) is 15.0. The molecule has 0 unspecified atom stereocenters. The Balaban J connectivity index is 2.16. The van der Waals surface area contributed by atoms with Crippen LogP contribution in [0.25, 0.3) is 0 Å². The van der Waals surface area contributed by atoms with Gasteiger partial charge in [-0.3, -0.25) is 20.2 Å². The molecule has 0 atom stereocenters. The van der Waals surface area contributed by atoms with E-state index in [1.165, 1.54) is 29.5 Å². The molecule has 2 aromatic rings. The predicted molar refractivity (Wildman–Crippen MR) is 92.0 cm³/mol. The van der Waals surface area contributed by atoms with Crippen LogP contribution in [0.15, 0.2) is 22.7 Å². The van der Waals surface area contributed by atoms with E-state index in [0.29, 0.717) is 15.5 Å². The van der Waals surface area contributed by atoms with E-state index in [9.17, 15) is 14.9 Å². The van der Waals surface area contributed by atoms with Crippen molar-refractivity contribution < 1.29 is 9.72 Å². The number of nitrogens with one attached hydrogen (secondary N) is 1. The molecule has 0 fully saturated rings. The third-order valence-corrected chi connectivity index (χ3v) is 5.07. The first kappa shape index (κ1) is 17.5. The summed E-state index contributed by atoms with van der Waals surface area (Å²) < 4.78 is 0.325. The van der Waals surface area contributed by atoms with Crippen LogP contribution in [0.4, 0.5) is 10.8 Å². The maximum atomic E-state index is 12.2. The number of amides is 1. The highest BCUT2D eigenvalue weighted by molar-refractivity contribution is 9.10. The molecule has 0 radical (unpaired) electrons. The number of benzene rings is 1. The molecule has 1 amide bonds. The van der Waals surface area contributed by atoms with Crippen molar-refractivity contribution in [1.29, 1.82) is 0 Å². The highest BCUT2D eigenvalue weighted by Crippen LogP contribution is 2.29. The van der Waals surface area contributed by atoms with E-state index in [1.807, 2.05) is 0 Å². The quantitative estimate of drug-likeness (QED) is 0.575. The van der Waals surface area contributed by atoms with Gasteiger partial charge in [0, 0.05) is 17.5 Å². The third kappa shape index (κ3) is 4.11. The Morgan fingerprint density at radius 3 is 2.70 bits per heavy atom. The molecule has 0 aliphatic heterocycles. The van der Waals surface area contributed by atoms with Crippen molar-refractivity contribution in [3.05, 3.63) is 43.4 Å². The third-order valence-electron chi connectivity index (χ3n) is 3.40. The van der Waals surface area contributed by atoms with Gasteiger partial charge >= 0.3 is 0 Å². The summed E-state index contributed by atoms with van der Waals surface area (Å²) in [6, 6.07) is 4.21. The lowest BCUT2D eigenvalue weighted by molar-refractivity contribution is -0.385. The largest absolute Gasteiger partial charge is 0.296 e. The van der Waals surface area contributed by atoms with Crippen LogP contribution in [0.3, 0.4) is 0 Å². The molecule has 1 aromatic carbocycles. The normalized spacial score (nSPS) is 10.8. The maximum absolute atomic E-state index is 12.2. The zero-order chi connectivity index (χ0) is 17.0. The molecule has 0 saturated heterocycles. The van der Waals surface area contributed by atoms with E-state index < -0.39 is 10.8 Å². The molecule has 2 rings (SSSR count). The molecule has 1 heterocycles. The predicted octanol–water partition coefficient (Wildman–Crippen LogP) is 4.36. The monoisotopic (exact) mass is 398 g/mol. The summed E-state index contributed by atoms with van der Waals surface area (Å²) in [6.07, 6.45) is 1.91. The minimum absolute atomic E-state index is 0.160. The van der Waals surface area contributed by atoms with Crippen molar-refractivity contribution in [3.8, 4) is 0 Å². The Bertz CT molecular complexity index is 731. The van der Waals surface area contributed by atoms with Gasteiger partial charge in [0.15, 0.2) is 0 Å². The summed E-state index contributed by atoms with van der Waals surface area (Å²) in [7, 11) is 0. The zero-order valence-electron chi connectivity index (χ0n) is 12.6. The lowest BCUT2D eigenvalue weighted by Gasteiger charge is -2.05. The summed E-state index contributed by atoms with van der Waals surface area (Å²) in [6.45, 7) is 4.16. The molecule has 0 aliphatic rings. The van der Waals surface area contributed by atoms with E-state index in [1.54, 1.807) is 0 Å². The Morgan fingerprint density at radius 1 is 1.39 bits per heavy atom. The van der Waals surface area contributed by atoms with Gasteiger partial charge in [-0.25, -0.2) is 0 Å². The van der Waals surface area contributed by atoms with E-state index in [2.05, 4.69) is 45.3 Å². The lowest BCUT2D eigenvalue weighted by Crippen LogP contribution is -2.12. The number of nitro groups is 1. The Morgan fingerprint density at radius 2 is 2.09 bits per heavy atom. The van der Waals surface area contributed by atoms with Crippen LogP contribution in [-0.4, -0.2) is 21.0 Å². The number of hydrogen-bond acceptors (Lipinski definition) is 6. The van der Waals surface area contributed by atoms with Gasteiger partial charge in [0.2, 0.25) is 5.13 Å². The SMILES string of the molecule is CCC(CC)c1nnc(NC(=O)c2ccc(Br)c([N+](=O)[O-])c2)s1. The van der Waals surface area contributed by atoms with Crippen molar-refractivity contribution in [2.45, 2.75) is 32.6 Å². The summed E-state index contributed by atoms with van der Waals surface area (Å²) >= 11 is 4.42. The van der Waals surface area contributed by atoms with Gasteiger partial charge in [0.1, 0.15) is 5.01 Å². The average Bonchev–Trinajstić information content (AvgIpc) is 2.97. The van der Waals surface area contributed by atoms with Gasteiger partial charge in [0.25, 0.3) is 11.6 Å². The second-order valence-corrected chi connectivity index (χ2v) is 6.70. The van der Waals surface area contributed by atoms with Gasteiger partial charge in [-0.05, 0) is 40.9 Å². The van der Waals surface area contributed by atoms with Crippen molar-refractivity contribution in [2.24, 2.45) is 0 Å². The topological polar surface area (TPSA) is 98.0 Å². The Hall–Kier alpha value is -1.87. The molecule has 1 aromatic heterocycles. The standard InChI is InChI=1S/C14H15BrN4O3S/c1-3-8(4-2)13-17-18-14(23-13)16-12(20)9-5-6-10(15)11(7-9)19(21)22/h5-8H,3-4H2,1-2H3,(H,16,18,20). The second kappa shape index (κ2) is 7.60. The van der Waals surface area contributed by atoms with Gasteiger partial charge in [0.05, 0.1) is 9.40 Å². The Labute approximate surface area is 145 Å². The molecule has 0 bridgehead atoms. The molecule has 0 spiro atoms.